The van der Waals surface area contributed by atoms with Gasteiger partial charge < -0.3 is 5.32 Å². The third kappa shape index (κ3) is 10.6. The molecule has 0 radical (unpaired) electrons. The molecule has 0 saturated carbocycles. The Balaban J connectivity index is 3.67. The lowest BCUT2D eigenvalue weighted by molar-refractivity contribution is -0.0328. The number of alkyl halides is 3. The quantitative estimate of drug-likeness (QED) is 0.625. The molecule has 0 aliphatic carbocycles. The SMILES string of the molecule is CCCNCC(CCC)CCSC(F)(F)F. The van der Waals surface area contributed by atoms with E-state index in [-0.39, 0.29) is 17.5 Å². The normalized spacial score (nSPS) is 14.1. The maximum Gasteiger partial charge on any atom is 0.441 e. The second kappa shape index (κ2) is 9.16. The topological polar surface area (TPSA) is 12.0 Å². The first-order valence-corrected chi connectivity index (χ1v) is 6.89. The van der Waals surface area contributed by atoms with E-state index in [1.165, 1.54) is 0 Å². The van der Waals surface area contributed by atoms with Crippen LogP contribution in [0.3, 0.4) is 0 Å². The Hall–Kier alpha value is 0.100. The molecule has 0 aliphatic heterocycles. The minimum absolute atomic E-state index is 0.0992. The van der Waals surface area contributed by atoms with Gasteiger partial charge in [-0.05, 0) is 38.3 Å². The zero-order chi connectivity index (χ0) is 12.4. The molecular formula is C11H22F3NS. The molecule has 0 aromatic carbocycles. The van der Waals surface area contributed by atoms with Gasteiger partial charge in [0.25, 0.3) is 0 Å². The van der Waals surface area contributed by atoms with E-state index in [1.807, 2.05) is 0 Å². The molecule has 0 saturated heterocycles. The first-order valence-electron chi connectivity index (χ1n) is 5.91. The van der Waals surface area contributed by atoms with E-state index in [0.717, 1.165) is 32.4 Å². The van der Waals surface area contributed by atoms with Crippen LogP contribution in [0, 0.1) is 5.92 Å². The average Bonchev–Trinajstić information content (AvgIpc) is 2.16. The molecule has 0 bridgehead atoms. The zero-order valence-electron chi connectivity index (χ0n) is 10.1. The molecule has 0 spiro atoms. The Morgan fingerprint density at radius 3 is 2.31 bits per heavy atom. The summed E-state index contributed by atoms with van der Waals surface area (Å²) >= 11 is 0.0992. The molecule has 0 amide bonds. The van der Waals surface area contributed by atoms with Crippen LogP contribution in [0.2, 0.25) is 0 Å². The third-order valence-corrected chi connectivity index (χ3v) is 3.12. The van der Waals surface area contributed by atoms with Crippen molar-refractivity contribution in [3.63, 3.8) is 0 Å². The van der Waals surface area contributed by atoms with Gasteiger partial charge in [0.1, 0.15) is 0 Å². The summed E-state index contributed by atoms with van der Waals surface area (Å²) in [6.07, 6.45) is 3.76. The Morgan fingerprint density at radius 1 is 1.12 bits per heavy atom. The van der Waals surface area contributed by atoms with Gasteiger partial charge in [-0.2, -0.15) is 13.2 Å². The fourth-order valence-corrected chi connectivity index (χ4v) is 2.26. The molecule has 0 rings (SSSR count). The maximum atomic E-state index is 11.9. The minimum atomic E-state index is -4.08. The lowest BCUT2D eigenvalue weighted by atomic mass is 10.0. The van der Waals surface area contributed by atoms with E-state index in [0.29, 0.717) is 12.3 Å². The molecule has 1 N–H and O–H groups in total. The van der Waals surface area contributed by atoms with E-state index < -0.39 is 5.51 Å². The summed E-state index contributed by atoms with van der Waals surface area (Å²) in [7, 11) is 0. The van der Waals surface area contributed by atoms with Gasteiger partial charge in [-0.1, -0.05) is 32.0 Å². The molecule has 0 aliphatic rings. The fraction of sp³-hybridized carbons (Fsp3) is 1.00. The maximum absolute atomic E-state index is 11.9. The molecule has 98 valence electrons. The van der Waals surface area contributed by atoms with Gasteiger partial charge in [0.05, 0.1) is 0 Å². The Morgan fingerprint density at radius 2 is 1.81 bits per heavy atom. The molecular weight excluding hydrogens is 235 g/mol. The van der Waals surface area contributed by atoms with Gasteiger partial charge in [-0.15, -0.1) is 0 Å². The van der Waals surface area contributed by atoms with Gasteiger partial charge in [0, 0.05) is 5.75 Å². The molecule has 1 unspecified atom stereocenters. The van der Waals surface area contributed by atoms with Gasteiger partial charge in [-0.25, -0.2) is 0 Å². The third-order valence-electron chi connectivity index (χ3n) is 2.35. The molecule has 0 aromatic rings. The van der Waals surface area contributed by atoms with Crippen LogP contribution in [-0.2, 0) is 0 Å². The van der Waals surface area contributed by atoms with Crippen molar-refractivity contribution in [2.75, 3.05) is 18.8 Å². The lowest BCUT2D eigenvalue weighted by Crippen LogP contribution is -2.24. The van der Waals surface area contributed by atoms with Crippen molar-refractivity contribution in [1.29, 1.82) is 0 Å². The molecule has 1 atom stereocenters. The first kappa shape index (κ1) is 16.1. The molecule has 1 nitrogen and oxygen atoms in total. The summed E-state index contributed by atoms with van der Waals surface area (Å²) < 4.78 is 35.8. The van der Waals surface area contributed by atoms with Gasteiger partial charge >= 0.3 is 5.51 Å². The van der Waals surface area contributed by atoms with Crippen molar-refractivity contribution >= 4 is 11.8 Å². The second-order valence-electron chi connectivity index (χ2n) is 3.94. The fourth-order valence-electron chi connectivity index (χ4n) is 1.58. The average molecular weight is 257 g/mol. The van der Waals surface area contributed by atoms with Crippen LogP contribution in [0.15, 0.2) is 0 Å². The highest BCUT2D eigenvalue weighted by Gasteiger charge is 2.27. The number of hydrogen-bond donors (Lipinski definition) is 1. The highest BCUT2D eigenvalue weighted by Crippen LogP contribution is 2.31. The van der Waals surface area contributed by atoms with Crippen molar-refractivity contribution in [2.24, 2.45) is 5.92 Å². The molecule has 16 heavy (non-hydrogen) atoms. The summed E-state index contributed by atoms with van der Waals surface area (Å²) in [6.45, 7) is 5.96. The predicted octanol–water partition coefficient (Wildman–Crippen LogP) is 4.05. The zero-order valence-corrected chi connectivity index (χ0v) is 10.9. The van der Waals surface area contributed by atoms with Crippen molar-refractivity contribution in [3.05, 3.63) is 0 Å². The monoisotopic (exact) mass is 257 g/mol. The Labute approximate surface area is 101 Å². The predicted molar refractivity (Wildman–Crippen MR) is 64.7 cm³/mol. The van der Waals surface area contributed by atoms with E-state index in [4.69, 9.17) is 0 Å². The smallest absolute Gasteiger partial charge is 0.316 e. The first-order chi connectivity index (χ1) is 7.49. The summed E-state index contributed by atoms with van der Waals surface area (Å²) in [4.78, 5) is 0. The van der Waals surface area contributed by atoms with Crippen molar-refractivity contribution in [1.82, 2.24) is 5.32 Å². The summed E-state index contributed by atoms with van der Waals surface area (Å²) in [6, 6.07) is 0. The van der Waals surface area contributed by atoms with Crippen LogP contribution in [0.25, 0.3) is 0 Å². The van der Waals surface area contributed by atoms with Gasteiger partial charge in [-0.3, -0.25) is 0 Å². The number of hydrogen-bond acceptors (Lipinski definition) is 2. The van der Waals surface area contributed by atoms with Crippen LogP contribution in [0.1, 0.15) is 39.5 Å². The molecule has 0 fully saturated rings. The van der Waals surface area contributed by atoms with Crippen LogP contribution in [0.5, 0.6) is 0 Å². The van der Waals surface area contributed by atoms with E-state index in [9.17, 15) is 13.2 Å². The van der Waals surface area contributed by atoms with E-state index in [1.54, 1.807) is 0 Å². The summed E-state index contributed by atoms with van der Waals surface area (Å²) in [5.74, 6) is 0.563. The standard InChI is InChI=1S/C11H22F3NS/c1-3-5-10(9-15-7-4-2)6-8-16-11(12,13)14/h10,15H,3-9H2,1-2H3. The number of rotatable bonds is 9. The minimum Gasteiger partial charge on any atom is -0.316 e. The molecule has 0 heterocycles. The number of thioether (sulfide) groups is 1. The highest BCUT2D eigenvalue weighted by molar-refractivity contribution is 8.00. The molecule has 0 aromatic heterocycles. The van der Waals surface area contributed by atoms with Crippen LogP contribution in [0.4, 0.5) is 13.2 Å². The summed E-state index contributed by atoms with van der Waals surface area (Å²) in [5.41, 5.74) is -4.08. The van der Waals surface area contributed by atoms with Crippen molar-refractivity contribution in [3.8, 4) is 0 Å². The largest absolute Gasteiger partial charge is 0.441 e. The van der Waals surface area contributed by atoms with Crippen LogP contribution in [-0.4, -0.2) is 24.4 Å². The highest BCUT2D eigenvalue weighted by atomic mass is 32.2. The van der Waals surface area contributed by atoms with E-state index in [2.05, 4.69) is 19.2 Å². The number of nitrogens with one attached hydrogen (secondary N) is 1. The van der Waals surface area contributed by atoms with E-state index >= 15 is 0 Å². The summed E-state index contributed by atoms with van der Waals surface area (Å²) in [5, 5.41) is 3.28. The van der Waals surface area contributed by atoms with Crippen molar-refractivity contribution < 1.29 is 13.2 Å². The van der Waals surface area contributed by atoms with Gasteiger partial charge in [0.2, 0.25) is 0 Å². The number of halogens is 3. The second-order valence-corrected chi connectivity index (χ2v) is 5.10. The Kier molecular flexibility index (Phi) is 9.22. The van der Waals surface area contributed by atoms with Crippen LogP contribution >= 0.6 is 11.8 Å². The Bertz CT molecular complexity index is 162. The lowest BCUT2D eigenvalue weighted by Gasteiger charge is -2.16. The van der Waals surface area contributed by atoms with Crippen molar-refractivity contribution in [2.45, 2.75) is 45.0 Å². The van der Waals surface area contributed by atoms with Gasteiger partial charge in [0.15, 0.2) is 0 Å². The molecule has 5 heteroatoms. The van der Waals surface area contributed by atoms with Crippen LogP contribution < -0.4 is 5.32 Å².